The fourth-order valence-corrected chi connectivity index (χ4v) is 5.35. The molecular formula is C26H26N4O2. The molecule has 0 N–H and O–H groups in total. The first-order valence-corrected chi connectivity index (χ1v) is 10.9. The lowest BCUT2D eigenvalue weighted by Gasteiger charge is -2.33. The number of benzene rings is 2. The number of carbonyl (C=O) groups excluding carboxylic acids is 2. The summed E-state index contributed by atoms with van der Waals surface area (Å²) in [4.78, 5) is 39.7. The predicted octanol–water partition coefficient (Wildman–Crippen LogP) is 3.62. The molecule has 2 aliphatic rings. The summed E-state index contributed by atoms with van der Waals surface area (Å²) >= 11 is 0. The lowest BCUT2D eigenvalue weighted by Crippen LogP contribution is -2.37. The van der Waals surface area contributed by atoms with E-state index in [2.05, 4.69) is 17.0 Å². The minimum atomic E-state index is -0.511. The molecule has 2 amide bonds. The van der Waals surface area contributed by atoms with E-state index in [0.29, 0.717) is 12.4 Å². The van der Waals surface area contributed by atoms with Gasteiger partial charge in [-0.2, -0.15) is 0 Å². The average molecular weight is 427 g/mol. The maximum absolute atomic E-state index is 13.3. The van der Waals surface area contributed by atoms with Gasteiger partial charge in [-0.25, -0.2) is 9.97 Å². The van der Waals surface area contributed by atoms with Gasteiger partial charge in [0.1, 0.15) is 5.82 Å². The second-order valence-corrected chi connectivity index (χ2v) is 8.75. The number of imide groups is 1. The van der Waals surface area contributed by atoms with Crippen LogP contribution in [0, 0.1) is 25.7 Å². The average Bonchev–Trinajstić information content (AvgIpc) is 3.22. The summed E-state index contributed by atoms with van der Waals surface area (Å²) in [5.74, 6) is -0.637. The predicted molar refractivity (Wildman–Crippen MR) is 120 cm³/mol. The minimum absolute atomic E-state index is 0.126. The number of rotatable bonds is 4. The SMILES string of the molecule is Cc1cc(C)nc([C@@H]2[C@H]3C(=O)N(C)C(=O)[C@H]3[C@@H](c3ccccc3)N2Cc2ccccc2)n1. The van der Waals surface area contributed by atoms with Crippen molar-refractivity contribution < 1.29 is 9.59 Å². The quantitative estimate of drug-likeness (QED) is 0.596. The molecule has 1 aromatic heterocycles. The van der Waals surface area contributed by atoms with Gasteiger partial charge >= 0.3 is 0 Å². The summed E-state index contributed by atoms with van der Waals surface area (Å²) in [5.41, 5.74) is 3.87. The molecule has 2 aromatic carbocycles. The molecule has 3 aromatic rings. The summed E-state index contributed by atoms with van der Waals surface area (Å²) in [6.45, 7) is 4.47. The van der Waals surface area contributed by atoms with Gasteiger partial charge in [-0.05, 0) is 31.0 Å². The van der Waals surface area contributed by atoms with Crippen LogP contribution in [0.3, 0.4) is 0 Å². The topological polar surface area (TPSA) is 66.4 Å². The van der Waals surface area contributed by atoms with Crippen LogP contribution >= 0.6 is 0 Å². The highest BCUT2D eigenvalue weighted by molar-refractivity contribution is 6.06. The monoisotopic (exact) mass is 426 g/mol. The molecule has 0 unspecified atom stereocenters. The Labute approximate surface area is 187 Å². The number of aryl methyl sites for hydroxylation is 2. The van der Waals surface area contributed by atoms with Gasteiger partial charge in [0.25, 0.3) is 0 Å². The van der Waals surface area contributed by atoms with Crippen LogP contribution in [0.15, 0.2) is 66.7 Å². The third-order valence-electron chi connectivity index (χ3n) is 6.63. The standard InChI is InChI=1S/C26H26N4O2/c1-16-14-17(2)28-24(27-16)23-21-20(25(31)29(3)26(21)32)22(19-12-8-5-9-13-19)30(23)15-18-10-6-4-7-11-18/h4-14,20-23H,15H2,1-3H3/t20-,21+,22-,23+/m1/s1. The molecule has 6 heteroatoms. The summed E-state index contributed by atoms with van der Waals surface area (Å²) in [5, 5.41) is 0. The van der Waals surface area contributed by atoms with E-state index in [0.717, 1.165) is 22.5 Å². The lowest BCUT2D eigenvalue weighted by atomic mass is 9.86. The van der Waals surface area contributed by atoms with E-state index in [1.807, 2.05) is 68.4 Å². The van der Waals surface area contributed by atoms with Crippen molar-refractivity contribution in [3.63, 3.8) is 0 Å². The molecule has 2 saturated heterocycles. The molecule has 0 radical (unpaired) electrons. The van der Waals surface area contributed by atoms with Crippen LogP contribution in [-0.2, 0) is 16.1 Å². The molecule has 32 heavy (non-hydrogen) atoms. The zero-order valence-electron chi connectivity index (χ0n) is 18.5. The Morgan fingerprint density at radius 2 is 1.31 bits per heavy atom. The first-order chi connectivity index (χ1) is 15.5. The maximum atomic E-state index is 13.3. The highest BCUT2D eigenvalue weighted by atomic mass is 16.2. The Morgan fingerprint density at radius 3 is 1.91 bits per heavy atom. The third kappa shape index (κ3) is 3.31. The zero-order chi connectivity index (χ0) is 22.4. The van der Waals surface area contributed by atoms with Crippen LogP contribution in [0.1, 0.15) is 40.4 Å². The molecular weight excluding hydrogens is 400 g/mol. The molecule has 2 fully saturated rings. The fourth-order valence-electron chi connectivity index (χ4n) is 5.35. The van der Waals surface area contributed by atoms with Gasteiger partial charge in [-0.3, -0.25) is 19.4 Å². The number of fused-ring (bicyclic) bond motifs is 1. The van der Waals surface area contributed by atoms with Gasteiger partial charge in [-0.15, -0.1) is 0 Å². The van der Waals surface area contributed by atoms with Crippen LogP contribution in [0.2, 0.25) is 0 Å². The van der Waals surface area contributed by atoms with Crippen molar-refractivity contribution in [3.05, 3.63) is 95.1 Å². The summed E-state index contributed by atoms with van der Waals surface area (Å²) in [6.07, 6.45) is 0. The van der Waals surface area contributed by atoms with E-state index in [9.17, 15) is 9.59 Å². The lowest BCUT2D eigenvalue weighted by molar-refractivity contribution is -0.140. The first-order valence-electron chi connectivity index (χ1n) is 10.9. The number of amides is 2. The van der Waals surface area contributed by atoms with Gasteiger partial charge in [0.2, 0.25) is 11.8 Å². The van der Waals surface area contributed by atoms with Crippen molar-refractivity contribution in [1.82, 2.24) is 19.8 Å². The van der Waals surface area contributed by atoms with Crippen LogP contribution in [0.25, 0.3) is 0 Å². The maximum Gasteiger partial charge on any atom is 0.234 e. The van der Waals surface area contributed by atoms with Gasteiger partial charge in [0, 0.05) is 31.0 Å². The smallest absolute Gasteiger partial charge is 0.234 e. The highest BCUT2D eigenvalue weighted by Crippen LogP contribution is 2.55. The molecule has 6 nitrogen and oxygen atoms in total. The molecule has 4 atom stereocenters. The second-order valence-electron chi connectivity index (χ2n) is 8.75. The van der Waals surface area contributed by atoms with E-state index in [4.69, 9.17) is 9.97 Å². The van der Waals surface area contributed by atoms with Crippen molar-refractivity contribution in [1.29, 1.82) is 0 Å². The second kappa shape index (κ2) is 7.95. The first kappa shape index (κ1) is 20.5. The number of hydrogen-bond donors (Lipinski definition) is 0. The molecule has 0 spiro atoms. The van der Waals surface area contributed by atoms with Crippen molar-refractivity contribution >= 4 is 11.8 Å². The van der Waals surface area contributed by atoms with E-state index >= 15 is 0 Å². The molecule has 3 heterocycles. The highest BCUT2D eigenvalue weighted by Gasteiger charge is 2.62. The van der Waals surface area contributed by atoms with Crippen molar-refractivity contribution in [2.75, 3.05) is 7.05 Å². The van der Waals surface area contributed by atoms with Gasteiger partial charge < -0.3 is 0 Å². The molecule has 0 bridgehead atoms. The van der Waals surface area contributed by atoms with Crippen molar-refractivity contribution in [2.45, 2.75) is 32.5 Å². The summed E-state index contributed by atoms with van der Waals surface area (Å²) in [6, 6.07) is 21.5. The Morgan fingerprint density at radius 1 is 0.781 bits per heavy atom. The molecule has 162 valence electrons. The van der Waals surface area contributed by atoms with Gasteiger partial charge in [-0.1, -0.05) is 60.7 Å². The third-order valence-corrected chi connectivity index (χ3v) is 6.63. The van der Waals surface area contributed by atoms with E-state index in [1.165, 1.54) is 4.90 Å². The van der Waals surface area contributed by atoms with Crippen LogP contribution in [0.5, 0.6) is 0 Å². The summed E-state index contributed by atoms with van der Waals surface area (Å²) < 4.78 is 0. The summed E-state index contributed by atoms with van der Waals surface area (Å²) in [7, 11) is 1.59. The zero-order valence-corrected chi connectivity index (χ0v) is 18.5. The van der Waals surface area contributed by atoms with E-state index < -0.39 is 11.8 Å². The molecule has 0 saturated carbocycles. The van der Waals surface area contributed by atoms with Crippen molar-refractivity contribution in [3.8, 4) is 0 Å². The van der Waals surface area contributed by atoms with E-state index in [-0.39, 0.29) is 23.9 Å². The minimum Gasteiger partial charge on any atom is -0.285 e. The number of hydrogen-bond acceptors (Lipinski definition) is 5. The van der Waals surface area contributed by atoms with Crippen LogP contribution in [0.4, 0.5) is 0 Å². The fraction of sp³-hybridized carbons (Fsp3) is 0.308. The van der Waals surface area contributed by atoms with E-state index in [1.54, 1.807) is 7.05 Å². The Balaban J connectivity index is 1.71. The molecule has 5 rings (SSSR count). The number of carbonyl (C=O) groups is 2. The van der Waals surface area contributed by atoms with Crippen molar-refractivity contribution in [2.24, 2.45) is 11.8 Å². The van der Waals surface area contributed by atoms with Gasteiger partial charge in [0.05, 0.1) is 17.9 Å². The normalized spacial score (nSPS) is 25.4. The number of nitrogens with zero attached hydrogens (tertiary/aromatic N) is 4. The largest absolute Gasteiger partial charge is 0.285 e. The Bertz CT molecular complexity index is 1140. The van der Waals surface area contributed by atoms with Crippen LogP contribution < -0.4 is 0 Å². The molecule has 0 aliphatic carbocycles. The Kier molecular flexibility index (Phi) is 5.10. The molecule has 2 aliphatic heterocycles. The number of likely N-dealkylation sites (tertiary alicyclic amines) is 2. The van der Waals surface area contributed by atoms with Crippen LogP contribution in [-0.4, -0.2) is 38.6 Å². The van der Waals surface area contributed by atoms with Gasteiger partial charge in [0.15, 0.2) is 0 Å². The Hall–Kier alpha value is -3.38. The number of aromatic nitrogens is 2.